The van der Waals surface area contributed by atoms with E-state index in [1.54, 1.807) is 9.47 Å². The van der Waals surface area contributed by atoms with Crippen LogP contribution in [0.15, 0.2) is 47.4 Å². The molecule has 1 aromatic carbocycles. The van der Waals surface area contributed by atoms with Crippen molar-refractivity contribution < 1.29 is 32.6 Å². The molecule has 0 saturated carbocycles. The van der Waals surface area contributed by atoms with Crippen LogP contribution in [-0.2, 0) is 15.7 Å². The Morgan fingerprint density at radius 2 is 1.90 bits per heavy atom. The predicted molar refractivity (Wildman–Crippen MR) is 172 cm³/mol. The molecule has 0 unspecified atom stereocenters. The van der Waals surface area contributed by atoms with Gasteiger partial charge in [0, 0.05) is 44.0 Å². The van der Waals surface area contributed by atoms with Gasteiger partial charge in [-0.15, -0.1) is 5.10 Å². The molecule has 2 amide bonds. The van der Waals surface area contributed by atoms with E-state index in [9.17, 15) is 32.7 Å². The third-order valence-corrected chi connectivity index (χ3v) is 9.29. The van der Waals surface area contributed by atoms with Crippen LogP contribution >= 0.6 is 0 Å². The van der Waals surface area contributed by atoms with E-state index in [2.05, 4.69) is 15.4 Å². The van der Waals surface area contributed by atoms with Crippen LogP contribution < -0.4 is 15.8 Å². The van der Waals surface area contributed by atoms with Crippen LogP contribution in [0.5, 0.6) is 5.75 Å². The second-order valence-corrected chi connectivity index (χ2v) is 12.4. The van der Waals surface area contributed by atoms with Gasteiger partial charge in [0.25, 0.3) is 11.5 Å². The number of alkyl halides is 3. The highest BCUT2D eigenvalue weighted by Crippen LogP contribution is 2.42. The molecule has 2 N–H and O–H groups in total. The summed E-state index contributed by atoms with van der Waals surface area (Å²) in [4.78, 5) is 53.6. The fourth-order valence-electron chi connectivity index (χ4n) is 6.79. The Morgan fingerprint density at radius 1 is 1.12 bits per heavy atom. The third-order valence-electron chi connectivity index (χ3n) is 9.29. The lowest BCUT2D eigenvalue weighted by Gasteiger charge is -2.36. The molecule has 1 fully saturated rings. The molecule has 1 saturated heterocycles. The Labute approximate surface area is 277 Å². The molecule has 2 atom stereocenters. The smallest absolute Gasteiger partial charge is 0.416 e. The summed E-state index contributed by atoms with van der Waals surface area (Å²) in [6.45, 7) is 5.30. The van der Waals surface area contributed by atoms with Crippen LogP contribution in [0.25, 0.3) is 11.4 Å². The van der Waals surface area contributed by atoms with E-state index in [1.165, 1.54) is 35.8 Å². The maximum absolute atomic E-state index is 14.3. The van der Waals surface area contributed by atoms with Crippen molar-refractivity contribution >= 4 is 34.5 Å². The molecular formula is C33H33F3N8O5. The Bertz CT molecular complexity index is 2070. The molecule has 3 aromatic heterocycles. The Kier molecular flexibility index (Phi) is 8.13. The molecule has 49 heavy (non-hydrogen) atoms. The van der Waals surface area contributed by atoms with E-state index in [4.69, 9.17) is 9.72 Å². The van der Waals surface area contributed by atoms with Gasteiger partial charge in [-0.05, 0) is 61.2 Å². The number of nitrogens with zero attached hydrogens (tertiary/aromatic N) is 7. The minimum Gasteiger partial charge on any atom is -0.505 e. The lowest BCUT2D eigenvalue weighted by Crippen LogP contribution is -2.51. The zero-order chi connectivity index (χ0) is 34.6. The third kappa shape index (κ3) is 5.79. The van der Waals surface area contributed by atoms with Gasteiger partial charge in [-0.1, -0.05) is 13.0 Å². The van der Waals surface area contributed by atoms with E-state index in [-0.39, 0.29) is 60.6 Å². The number of carbonyl (C=O) groups is 2. The number of aromatic nitrogens is 5. The molecule has 0 spiro atoms. The molecule has 3 aliphatic heterocycles. The molecule has 256 valence electrons. The Morgan fingerprint density at radius 3 is 2.57 bits per heavy atom. The molecule has 0 aliphatic carbocycles. The summed E-state index contributed by atoms with van der Waals surface area (Å²) in [5.74, 6) is -0.878. The quantitative estimate of drug-likeness (QED) is 0.322. The SMILES string of the molecule is Cc1cc(C(F)(F)F)ccc1NC(=O)[C@H]1C[C@@H](C)c2c(N3CCN(C(=O)c4ncccc4O)CC3)c(=O)n3nc(C4=CCOCC4)nc3n21. The summed E-state index contributed by atoms with van der Waals surface area (Å²) in [7, 11) is 0. The van der Waals surface area contributed by atoms with Gasteiger partial charge < -0.3 is 25.0 Å². The fraction of sp³-hybridized carbons (Fsp3) is 0.394. The highest BCUT2D eigenvalue weighted by Gasteiger charge is 2.41. The van der Waals surface area contributed by atoms with Gasteiger partial charge in [0.15, 0.2) is 11.5 Å². The lowest BCUT2D eigenvalue weighted by atomic mass is 10.0. The minimum atomic E-state index is -4.52. The molecule has 4 aromatic rings. The van der Waals surface area contributed by atoms with Crippen LogP contribution in [0.1, 0.15) is 64.9 Å². The van der Waals surface area contributed by atoms with Gasteiger partial charge in [0.2, 0.25) is 11.7 Å². The molecular weight excluding hydrogens is 645 g/mol. The number of hydrogen-bond donors (Lipinski definition) is 2. The summed E-state index contributed by atoms with van der Waals surface area (Å²) in [6.07, 6.45) is -0.401. The maximum Gasteiger partial charge on any atom is 0.416 e. The number of halogens is 3. The van der Waals surface area contributed by atoms with Crippen molar-refractivity contribution in [1.82, 2.24) is 29.0 Å². The van der Waals surface area contributed by atoms with Crippen molar-refractivity contribution in [2.45, 2.75) is 44.8 Å². The monoisotopic (exact) mass is 678 g/mol. The second kappa shape index (κ2) is 12.3. The number of nitrogens with one attached hydrogen (secondary N) is 1. The van der Waals surface area contributed by atoms with Crippen molar-refractivity contribution in [1.29, 1.82) is 0 Å². The number of pyridine rings is 1. The first-order valence-corrected chi connectivity index (χ1v) is 15.9. The van der Waals surface area contributed by atoms with E-state index in [1.807, 2.05) is 17.9 Å². The van der Waals surface area contributed by atoms with Gasteiger partial charge in [0.1, 0.15) is 17.5 Å². The number of aromatic hydroxyl groups is 1. The molecule has 3 aliphatic rings. The maximum atomic E-state index is 14.3. The Balaban J connectivity index is 1.26. The largest absolute Gasteiger partial charge is 0.505 e. The number of carbonyl (C=O) groups excluding carboxylic acids is 2. The predicted octanol–water partition coefficient (Wildman–Crippen LogP) is 3.77. The van der Waals surface area contributed by atoms with Crippen LogP contribution in [0.3, 0.4) is 0 Å². The number of rotatable bonds is 5. The first-order valence-electron chi connectivity index (χ1n) is 15.9. The normalized spacial score (nSPS) is 19.6. The van der Waals surface area contributed by atoms with E-state index in [0.717, 1.165) is 17.7 Å². The highest BCUT2D eigenvalue weighted by atomic mass is 19.4. The van der Waals surface area contributed by atoms with Crippen LogP contribution in [0, 0.1) is 6.92 Å². The number of amides is 2. The minimum absolute atomic E-state index is 0.0540. The average Bonchev–Trinajstić information content (AvgIpc) is 3.68. The number of piperazine rings is 1. The van der Waals surface area contributed by atoms with Gasteiger partial charge in [-0.3, -0.25) is 19.0 Å². The standard InChI is InChI=1S/C33H33F3N8O5/c1-18-16-21(33(34,35)36)5-6-22(18)38-29(46)23-17-19(2)26-27(41-10-12-42(13-11-41)30(47)25-24(45)4-3-9-37-25)31(48)44-32(43(23)26)39-28(40-44)20-7-14-49-15-8-20/h3-7,9,16,19,23,45H,8,10-15,17H2,1-2H3,(H,38,46)/t19-,23-/m1/s1. The number of hydrogen-bond acceptors (Lipinski definition) is 9. The van der Waals surface area contributed by atoms with Gasteiger partial charge in [0.05, 0.1) is 24.5 Å². The number of anilines is 2. The van der Waals surface area contributed by atoms with Crippen molar-refractivity contribution in [3.8, 4) is 5.75 Å². The molecule has 0 radical (unpaired) electrons. The van der Waals surface area contributed by atoms with Crippen LogP contribution in [-0.4, -0.2) is 85.4 Å². The van der Waals surface area contributed by atoms with Crippen molar-refractivity contribution in [2.24, 2.45) is 0 Å². The summed E-state index contributed by atoms with van der Waals surface area (Å²) in [5.41, 5.74) is 0.942. The first-order chi connectivity index (χ1) is 23.4. The topological polar surface area (TPSA) is 147 Å². The number of ether oxygens (including phenoxy) is 1. The molecule has 7 rings (SSSR count). The number of aryl methyl sites for hydroxylation is 1. The zero-order valence-corrected chi connectivity index (χ0v) is 26.7. The van der Waals surface area contributed by atoms with Gasteiger partial charge in [-0.25, -0.2) is 4.98 Å². The van der Waals surface area contributed by atoms with E-state index in [0.29, 0.717) is 43.3 Å². The molecule has 0 bridgehead atoms. The summed E-state index contributed by atoms with van der Waals surface area (Å²) < 4.78 is 48.3. The van der Waals surface area contributed by atoms with E-state index >= 15 is 0 Å². The molecule has 6 heterocycles. The number of benzene rings is 1. The highest BCUT2D eigenvalue weighted by molar-refractivity contribution is 5.96. The molecule has 13 nitrogen and oxygen atoms in total. The fourth-order valence-corrected chi connectivity index (χ4v) is 6.79. The molecule has 16 heteroatoms. The summed E-state index contributed by atoms with van der Waals surface area (Å²) in [6, 6.07) is 5.21. The van der Waals surface area contributed by atoms with Gasteiger partial charge in [-0.2, -0.15) is 22.7 Å². The first kappa shape index (κ1) is 32.3. The van der Waals surface area contributed by atoms with Crippen LogP contribution in [0.4, 0.5) is 24.5 Å². The van der Waals surface area contributed by atoms with Crippen molar-refractivity contribution in [3.63, 3.8) is 0 Å². The van der Waals surface area contributed by atoms with Crippen LogP contribution in [0.2, 0.25) is 0 Å². The number of fused-ring (bicyclic) bond motifs is 3. The second-order valence-electron chi connectivity index (χ2n) is 12.4. The Hall–Kier alpha value is -5.25. The summed E-state index contributed by atoms with van der Waals surface area (Å²) >= 11 is 0. The van der Waals surface area contributed by atoms with Crippen molar-refractivity contribution in [3.05, 3.63) is 81.3 Å². The lowest BCUT2D eigenvalue weighted by molar-refractivity contribution is -0.137. The average molecular weight is 679 g/mol. The van der Waals surface area contributed by atoms with Gasteiger partial charge >= 0.3 is 6.18 Å². The summed E-state index contributed by atoms with van der Waals surface area (Å²) in [5, 5.41) is 17.6. The zero-order valence-electron chi connectivity index (χ0n) is 26.7. The van der Waals surface area contributed by atoms with Crippen molar-refractivity contribution in [2.75, 3.05) is 49.6 Å². The van der Waals surface area contributed by atoms with E-state index < -0.39 is 35.2 Å².